The fourth-order valence-electron chi connectivity index (χ4n) is 3.45. The predicted molar refractivity (Wildman–Crippen MR) is 80.2 cm³/mol. The van der Waals surface area contributed by atoms with Gasteiger partial charge in [0.15, 0.2) is 0 Å². The van der Waals surface area contributed by atoms with E-state index in [0.29, 0.717) is 19.1 Å². The molecule has 0 radical (unpaired) electrons. The number of rotatable bonds is 3. The van der Waals surface area contributed by atoms with Gasteiger partial charge in [-0.1, -0.05) is 0 Å². The van der Waals surface area contributed by atoms with Gasteiger partial charge in [-0.2, -0.15) is 0 Å². The van der Waals surface area contributed by atoms with Crippen molar-refractivity contribution in [1.82, 2.24) is 14.9 Å². The number of aryl methyl sites for hydroxylation is 1. The Balaban J connectivity index is 1.63. The molecule has 0 aliphatic carbocycles. The Hall–Kier alpha value is -1.04. The molecule has 2 aliphatic rings. The van der Waals surface area contributed by atoms with Gasteiger partial charge in [-0.15, -0.1) is 0 Å². The molecule has 0 bridgehead atoms. The monoisotopic (exact) mass is 291 g/mol. The maximum absolute atomic E-state index is 10.7. The maximum atomic E-state index is 10.7. The number of aliphatic hydroxyl groups is 1. The third-order valence-corrected chi connectivity index (χ3v) is 4.64. The molecule has 1 atom stereocenters. The quantitative estimate of drug-likeness (QED) is 0.914. The van der Waals surface area contributed by atoms with Crippen LogP contribution in [0.25, 0.3) is 0 Å². The van der Waals surface area contributed by atoms with Crippen molar-refractivity contribution in [3.63, 3.8) is 0 Å². The van der Waals surface area contributed by atoms with Gasteiger partial charge in [-0.25, -0.2) is 0 Å². The largest absolute Gasteiger partial charge is 0.388 e. The molecule has 21 heavy (non-hydrogen) atoms. The Kier molecular flexibility index (Phi) is 4.52. The zero-order valence-electron chi connectivity index (χ0n) is 12.8. The van der Waals surface area contributed by atoms with E-state index in [1.54, 1.807) is 6.20 Å². The van der Waals surface area contributed by atoms with Crippen LogP contribution in [0.15, 0.2) is 12.4 Å². The summed E-state index contributed by atoms with van der Waals surface area (Å²) in [7, 11) is 0. The van der Waals surface area contributed by atoms with E-state index in [9.17, 15) is 5.11 Å². The van der Waals surface area contributed by atoms with Crippen LogP contribution in [0.3, 0.4) is 0 Å². The second kappa shape index (κ2) is 6.38. The Morgan fingerprint density at radius 2 is 2.19 bits per heavy atom. The van der Waals surface area contributed by atoms with E-state index in [1.165, 1.54) is 0 Å². The van der Waals surface area contributed by atoms with Gasteiger partial charge in [0.05, 0.1) is 17.0 Å². The maximum Gasteiger partial charge on any atom is 0.0817 e. The smallest absolute Gasteiger partial charge is 0.0817 e. The fourth-order valence-corrected chi connectivity index (χ4v) is 3.45. The zero-order chi connectivity index (χ0) is 14.7. The van der Waals surface area contributed by atoms with Gasteiger partial charge in [-0.3, -0.25) is 14.9 Å². The summed E-state index contributed by atoms with van der Waals surface area (Å²) in [6.45, 7) is 6.14. The summed E-state index contributed by atoms with van der Waals surface area (Å²) >= 11 is 0. The first-order valence-electron chi connectivity index (χ1n) is 7.96. The number of nitrogens with zero attached hydrogens (tertiary/aromatic N) is 3. The molecule has 116 valence electrons. The lowest BCUT2D eigenvalue weighted by molar-refractivity contribution is -0.0824. The Morgan fingerprint density at radius 1 is 1.38 bits per heavy atom. The third kappa shape index (κ3) is 3.78. The molecular weight excluding hydrogens is 266 g/mol. The van der Waals surface area contributed by atoms with E-state index in [-0.39, 0.29) is 0 Å². The van der Waals surface area contributed by atoms with Crippen LogP contribution in [0.5, 0.6) is 0 Å². The number of aromatic nitrogens is 2. The molecule has 2 aliphatic heterocycles. The highest BCUT2D eigenvalue weighted by Gasteiger charge is 2.34. The lowest BCUT2D eigenvalue weighted by Crippen LogP contribution is -2.49. The van der Waals surface area contributed by atoms with Gasteiger partial charge in [0.1, 0.15) is 0 Å². The first-order chi connectivity index (χ1) is 10.1. The summed E-state index contributed by atoms with van der Waals surface area (Å²) in [4.78, 5) is 11.3. The summed E-state index contributed by atoms with van der Waals surface area (Å²) in [5, 5.41) is 10.7. The summed E-state index contributed by atoms with van der Waals surface area (Å²) in [5.74, 6) is 0.439. The third-order valence-electron chi connectivity index (χ3n) is 4.64. The molecule has 0 saturated carbocycles. The molecule has 5 nitrogen and oxygen atoms in total. The van der Waals surface area contributed by atoms with E-state index in [2.05, 4.69) is 14.9 Å². The number of hydrogen-bond acceptors (Lipinski definition) is 5. The first kappa shape index (κ1) is 14.9. The molecule has 1 aromatic rings. The van der Waals surface area contributed by atoms with Crippen molar-refractivity contribution < 1.29 is 9.84 Å². The van der Waals surface area contributed by atoms with E-state index >= 15 is 0 Å². The average molecular weight is 291 g/mol. The number of piperidine rings is 1. The Morgan fingerprint density at radius 3 is 2.95 bits per heavy atom. The van der Waals surface area contributed by atoms with Crippen LogP contribution in [-0.4, -0.2) is 58.4 Å². The topological polar surface area (TPSA) is 58.5 Å². The van der Waals surface area contributed by atoms with E-state index < -0.39 is 5.60 Å². The van der Waals surface area contributed by atoms with Crippen molar-refractivity contribution in [2.24, 2.45) is 0 Å². The highest BCUT2D eigenvalue weighted by Crippen LogP contribution is 2.28. The first-order valence-corrected chi connectivity index (χ1v) is 7.96. The molecule has 0 amide bonds. The summed E-state index contributed by atoms with van der Waals surface area (Å²) in [5.41, 5.74) is 1.50. The van der Waals surface area contributed by atoms with Crippen molar-refractivity contribution >= 4 is 0 Å². The van der Waals surface area contributed by atoms with Crippen molar-refractivity contribution in [3.8, 4) is 0 Å². The van der Waals surface area contributed by atoms with E-state index in [0.717, 1.165) is 56.7 Å². The van der Waals surface area contributed by atoms with Gasteiger partial charge in [0.2, 0.25) is 0 Å². The van der Waals surface area contributed by atoms with Crippen LogP contribution < -0.4 is 0 Å². The van der Waals surface area contributed by atoms with Crippen molar-refractivity contribution in [3.05, 3.63) is 23.8 Å². The van der Waals surface area contributed by atoms with Gasteiger partial charge < -0.3 is 9.84 Å². The molecule has 2 saturated heterocycles. The SMILES string of the molecule is Cc1cncc([C@H]2CCCN(CC3(O)CCOCC3)C2)n1. The second-order valence-electron chi connectivity index (χ2n) is 6.50. The molecule has 0 aromatic carbocycles. The number of ether oxygens (including phenoxy) is 1. The van der Waals surface area contributed by atoms with Crippen LogP contribution in [0.1, 0.15) is 43.0 Å². The zero-order valence-corrected chi connectivity index (χ0v) is 12.8. The molecule has 2 fully saturated rings. The van der Waals surface area contributed by atoms with Crippen molar-refractivity contribution in [2.75, 3.05) is 32.8 Å². The minimum Gasteiger partial charge on any atom is -0.388 e. The standard InChI is InChI=1S/C16H25N3O2/c1-13-9-17-10-15(18-13)14-3-2-6-19(11-14)12-16(20)4-7-21-8-5-16/h9-10,14,20H,2-8,11-12H2,1H3/t14-/m0/s1. The second-order valence-corrected chi connectivity index (χ2v) is 6.50. The number of β-amino-alcohol motifs (C(OH)–C–C–N with tert-alkyl or cyclic N) is 1. The van der Waals surface area contributed by atoms with Gasteiger partial charge in [0.25, 0.3) is 0 Å². The molecule has 0 spiro atoms. The van der Waals surface area contributed by atoms with Crippen molar-refractivity contribution in [2.45, 2.75) is 44.1 Å². The van der Waals surface area contributed by atoms with Crippen LogP contribution in [0.2, 0.25) is 0 Å². The fraction of sp³-hybridized carbons (Fsp3) is 0.750. The molecule has 0 unspecified atom stereocenters. The predicted octanol–water partition coefficient (Wildman–Crippen LogP) is 1.51. The molecule has 3 heterocycles. The summed E-state index contributed by atoms with van der Waals surface area (Å²) in [6.07, 6.45) is 7.51. The summed E-state index contributed by atoms with van der Waals surface area (Å²) < 4.78 is 5.36. The molecule has 5 heteroatoms. The normalized spacial score (nSPS) is 26.7. The number of likely N-dealkylation sites (tertiary alicyclic amines) is 1. The Bertz CT molecular complexity index is 474. The summed E-state index contributed by atoms with van der Waals surface area (Å²) in [6, 6.07) is 0. The number of hydrogen-bond donors (Lipinski definition) is 1. The van der Waals surface area contributed by atoms with Crippen LogP contribution >= 0.6 is 0 Å². The highest BCUT2D eigenvalue weighted by atomic mass is 16.5. The van der Waals surface area contributed by atoms with Crippen molar-refractivity contribution in [1.29, 1.82) is 0 Å². The van der Waals surface area contributed by atoms with E-state index in [1.807, 2.05) is 13.1 Å². The van der Waals surface area contributed by atoms with Gasteiger partial charge in [0, 0.05) is 57.5 Å². The highest BCUT2D eigenvalue weighted by molar-refractivity contribution is 5.09. The van der Waals surface area contributed by atoms with Gasteiger partial charge >= 0.3 is 0 Å². The molecular formula is C16H25N3O2. The van der Waals surface area contributed by atoms with Crippen LogP contribution in [-0.2, 0) is 4.74 Å². The Labute approximate surface area is 126 Å². The van der Waals surface area contributed by atoms with Crippen LogP contribution in [0, 0.1) is 6.92 Å². The molecule has 1 aromatic heterocycles. The molecule has 1 N–H and O–H groups in total. The van der Waals surface area contributed by atoms with Crippen LogP contribution in [0.4, 0.5) is 0 Å². The molecule has 3 rings (SSSR count). The minimum absolute atomic E-state index is 0.439. The minimum atomic E-state index is -0.571. The lowest BCUT2D eigenvalue weighted by Gasteiger charge is -2.40. The van der Waals surface area contributed by atoms with Gasteiger partial charge in [-0.05, 0) is 26.3 Å². The lowest BCUT2D eigenvalue weighted by atomic mass is 9.90. The average Bonchev–Trinajstić information content (AvgIpc) is 2.48. The van der Waals surface area contributed by atoms with E-state index in [4.69, 9.17) is 4.74 Å².